The molecule has 0 aliphatic heterocycles. The molecule has 58 valence electrons. The van der Waals surface area contributed by atoms with E-state index in [4.69, 9.17) is 6.42 Å². The molecule has 0 fully saturated rings. The molecule has 0 aromatic rings. The molecule has 0 aromatic carbocycles. The van der Waals surface area contributed by atoms with Crippen LogP contribution in [0.4, 0.5) is 0 Å². The van der Waals surface area contributed by atoms with Gasteiger partial charge in [0.15, 0.2) is 0 Å². The standard InChI is InChI=1S/C5H9O4P/c1-4-8-10(6,7-3)9-5-2/h1H,5H2,2-3H3. The van der Waals surface area contributed by atoms with Gasteiger partial charge in [-0.05, 0) is 6.92 Å². The SMILES string of the molecule is C#COP(=O)(OC)OCC. The van der Waals surface area contributed by atoms with Gasteiger partial charge in [0.25, 0.3) is 0 Å². The molecule has 0 saturated heterocycles. The van der Waals surface area contributed by atoms with Crippen LogP contribution in [-0.2, 0) is 18.1 Å². The second-order valence-electron chi connectivity index (χ2n) is 1.26. The highest BCUT2D eigenvalue weighted by Crippen LogP contribution is 2.47. The molecule has 0 N–H and O–H groups in total. The third-order valence-electron chi connectivity index (χ3n) is 0.675. The van der Waals surface area contributed by atoms with Crippen molar-refractivity contribution in [2.24, 2.45) is 0 Å². The largest absolute Gasteiger partial charge is 0.538 e. The Balaban J connectivity index is 3.99. The lowest BCUT2D eigenvalue weighted by Gasteiger charge is -2.09. The summed E-state index contributed by atoms with van der Waals surface area (Å²) in [6.07, 6.45) is 6.45. The predicted molar refractivity (Wildman–Crippen MR) is 36.2 cm³/mol. The topological polar surface area (TPSA) is 44.8 Å². The molecular formula is C5H9O4P. The van der Waals surface area contributed by atoms with E-state index in [1.807, 2.05) is 0 Å². The van der Waals surface area contributed by atoms with Crippen molar-refractivity contribution in [3.63, 3.8) is 0 Å². The van der Waals surface area contributed by atoms with E-state index in [2.05, 4.69) is 13.6 Å². The maximum atomic E-state index is 11.0. The van der Waals surface area contributed by atoms with E-state index < -0.39 is 7.82 Å². The second kappa shape index (κ2) is 4.35. The Morgan fingerprint density at radius 2 is 2.30 bits per heavy atom. The van der Waals surface area contributed by atoms with E-state index in [-0.39, 0.29) is 6.61 Å². The van der Waals surface area contributed by atoms with Crippen LogP contribution in [0.5, 0.6) is 0 Å². The molecule has 0 aromatic heterocycles. The number of phosphoric acid groups is 1. The molecular weight excluding hydrogens is 155 g/mol. The van der Waals surface area contributed by atoms with Gasteiger partial charge in [0.2, 0.25) is 0 Å². The minimum Gasteiger partial charge on any atom is -0.350 e. The zero-order valence-electron chi connectivity index (χ0n) is 5.86. The summed E-state index contributed by atoms with van der Waals surface area (Å²) in [5.74, 6) is 0. The van der Waals surface area contributed by atoms with E-state index in [9.17, 15) is 4.57 Å². The van der Waals surface area contributed by atoms with Crippen LogP contribution in [0.3, 0.4) is 0 Å². The molecule has 4 nitrogen and oxygen atoms in total. The van der Waals surface area contributed by atoms with Crippen molar-refractivity contribution in [3.8, 4) is 12.5 Å². The fraction of sp³-hybridized carbons (Fsp3) is 0.600. The van der Waals surface area contributed by atoms with Crippen molar-refractivity contribution in [2.45, 2.75) is 6.92 Å². The highest BCUT2D eigenvalue weighted by Gasteiger charge is 2.23. The molecule has 0 rings (SSSR count). The lowest BCUT2D eigenvalue weighted by molar-refractivity contribution is 0.178. The molecule has 0 spiro atoms. The van der Waals surface area contributed by atoms with Crippen molar-refractivity contribution in [2.75, 3.05) is 13.7 Å². The zero-order chi connectivity index (χ0) is 8.04. The minimum absolute atomic E-state index is 0.229. The Morgan fingerprint density at radius 3 is 2.60 bits per heavy atom. The van der Waals surface area contributed by atoms with Crippen molar-refractivity contribution >= 4 is 7.82 Å². The molecule has 0 radical (unpaired) electrons. The van der Waals surface area contributed by atoms with Gasteiger partial charge in [0, 0.05) is 7.11 Å². The Labute approximate surface area is 60.1 Å². The van der Waals surface area contributed by atoms with Gasteiger partial charge in [0.05, 0.1) is 6.61 Å². The van der Waals surface area contributed by atoms with Crippen LogP contribution in [0.15, 0.2) is 0 Å². The Hall–Kier alpha value is -0.490. The van der Waals surface area contributed by atoms with Crippen LogP contribution >= 0.6 is 7.82 Å². The first kappa shape index (κ1) is 9.51. The van der Waals surface area contributed by atoms with Crippen molar-refractivity contribution in [1.29, 1.82) is 0 Å². The average molecular weight is 164 g/mol. The van der Waals surface area contributed by atoms with Crippen LogP contribution in [0.1, 0.15) is 6.92 Å². The lowest BCUT2D eigenvalue weighted by Crippen LogP contribution is -1.92. The normalized spacial score (nSPS) is 15.3. The molecule has 0 amide bonds. The van der Waals surface area contributed by atoms with Crippen LogP contribution in [0.2, 0.25) is 0 Å². The molecule has 0 saturated carbocycles. The molecule has 1 atom stereocenters. The van der Waals surface area contributed by atoms with Crippen molar-refractivity contribution in [3.05, 3.63) is 0 Å². The van der Waals surface area contributed by atoms with Gasteiger partial charge >= 0.3 is 7.82 Å². The van der Waals surface area contributed by atoms with Crippen LogP contribution in [0, 0.1) is 12.5 Å². The van der Waals surface area contributed by atoms with Crippen LogP contribution < -0.4 is 0 Å². The van der Waals surface area contributed by atoms with Gasteiger partial charge < -0.3 is 4.52 Å². The maximum Gasteiger partial charge on any atom is 0.538 e. The maximum absolute atomic E-state index is 11.0. The molecule has 0 bridgehead atoms. The van der Waals surface area contributed by atoms with Gasteiger partial charge in [-0.15, -0.1) is 0 Å². The third-order valence-corrected chi connectivity index (χ3v) is 2.03. The second-order valence-corrected chi connectivity index (χ2v) is 2.96. The van der Waals surface area contributed by atoms with E-state index >= 15 is 0 Å². The third kappa shape index (κ3) is 2.88. The lowest BCUT2D eigenvalue weighted by atomic mass is 10.9. The summed E-state index contributed by atoms with van der Waals surface area (Å²) in [4.78, 5) is 0. The van der Waals surface area contributed by atoms with Crippen molar-refractivity contribution in [1.82, 2.24) is 0 Å². The molecule has 1 unspecified atom stereocenters. The van der Waals surface area contributed by atoms with E-state index in [0.717, 1.165) is 0 Å². The highest BCUT2D eigenvalue weighted by molar-refractivity contribution is 7.48. The summed E-state index contributed by atoms with van der Waals surface area (Å²) in [5, 5.41) is 0. The number of hydrogen-bond donors (Lipinski definition) is 0. The summed E-state index contributed by atoms with van der Waals surface area (Å²) >= 11 is 0. The first-order valence-corrected chi connectivity index (χ1v) is 4.09. The van der Waals surface area contributed by atoms with Gasteiger partial charge in [-0.2, -0.15) is 0 Å². The summed E-state index contributed by atoms with van der Waals surface area (Å²) in [6, 6.07) is 0. The monoisotopic (exact) mass is 164 g/mol. The van der Waals surface area contributed by atoms with Gasteiger partial charge in [-0.1, -0.05) is 6.42 Å². The van der Waals surface area contributed by atoms with Gasteiger partial charge in [-0.25, -0.2) is 4.57 Å². The summed E-state index contributed by atoms with van der Waals surface area (Å²) < 4.78 is 24.2. The van der Waals surface area contributed by atoms with E-state index in [0.29, 0.717) is 0 Å². The van der Waals surface area contributed by atoms with Crippen LogP contribution in [-0.4, -0.2) is 13.7 Å². The zero-order valence-corrected chi connectivity index (χ0v) is 6.76. The van der Waals surface area contributed by atoms with Crippen molar-refractivity contribution < 1.29 is 18.1 Å². The molecule has 0 heterocycles. The summed E-state index contributed by atoms with van der Waals surface area (Å²) in [6.45, 7) is 1.89. The first-order chi connectivity index (χ1) is 4.68. The number of rotatable bonds is 4. The number of phosphoric ester groups is 1. The summed E-state index contributed by atoms with van der Waals surface area (Å²) in [5.41, 5.74) is 0. The molecule has 0 aliphatic carbocycles. The van der Waals surface area contributed by atoms with Gasteiger partial charge in [0.1, 0.15) is 6.11 Å². The van der Waals surface area contributed by atoms with Crippen LogP contribution in [0.25, 0.3) is 0 Å². The predicted octanol–water partition coefficient (Wildman–Crippen LogP) is 1.38. The minimum atomic E-state index is -3.44. The Bertz CT molecular complexity index is 171. The summed E-state index contributed by atoms with van der Waals surface area (Å²) in [7, 11) is -2.23. The molecule has 10 heavy (non-hydrogen) atoms. The van der Waals surface area contributed by atoms with Gasteiger partial charge in [-0.3, -0.25) is 9.05 Å². The fourth-order valence-electron chi connectivity index (χ4n) is 0.339. The molecule has 0 aliphatic rings. The highest BCUT2D eigenvalue weighted by atomic mass is 31.2. The Morgan fingerprint density at radius 1 is 1.70 bits per heavy atom. The Kier molecular flexibility index (Phi) is 4.13. The molecule has 5 heteroatoms. The number of terminal acetylenes is 1. The van der Waals surface area contributed by atoms with E-state index in [1.54, 1.807) is 13.0 Å². The number of hydrogen-bond acceptors (Lipinski definition) is 4. The quantitative estimate of drug-likeness (QED) is 0.465. The fourth-order valence-corrected chi connectivity index (χ4v) is 1.02. The smallest absolute Gasteiger partial charge is 0.350 e. The average Bonchev–Trinajstić information content (AvgIpc) is 1.89. The first-order valence-electron chi connectivity index (χ1n) is 2.63. The van der Waals surface area contributed by atoms with E-state index in [1.165, 1.54) is 7.11 Å².